The first kappa shape index (κ1) is 16.1. The molecule has 0 bridgehead atoms. The second-order valence-electron chi connectivity index (χ2n) is 5.01. The molecule has 0 aliphatic rings. The molecule has 0 spiro atoms. The van der Waals surface area contributed by atoms with Gasteiger partial charge in [-0.05, 0) is 21.8 Å². The monoisotopic (exact) mass is 340 g/mol. The van der Waals surface area contributed by atoms with E-state index in [-0.39, 0.29) is 12.3 Å². The highest BCUT2D eigenvalue weighted by Crippen LogP contribution is 2.25. The van der Waals surface area contributed by atoms with Crippen molar-refractivity contribution in [2.45, 2.75) is 6.54 Å². The van der Waals surface area contributed by atoms with E-state index in [4.69, 9.17) is 0 Å². The number of phenols is 1. The fraction of sp³-hybridized carbons (Fsp3) is 0.0667. The summed E-state index contributed by atoms with van der Waals surface area (Å²) in [6.45, 7) is -0.278. The molecule has 0 saturated heterocycles. The van der Waals surface area contributed by atoms with Crippen LogP contribution in [0.3, 0.4) is 0 Å². The molecule has 0 radical (unpaired) electrons. The Kier molecular flexibility index (Phi) is 4.33. The number of carbonyl (C=O) groups is 1. The lowest BCUT2D eigenvalue weighted by Crippen LogP contribution is -2.23. The second kappa shape index (κ2) is 6.74. The number of rotatable bonds is 5. The number of benzene rings is 2. The minimum absolute atomic E-state index is 0.0311. The molecule has 2 N–H and O–H groups in total. The van der Waals surface area contributed by atoms with E-state index in [1.165, 1.54) is 6.21 Å². The van der Waals surface area contributed by atoms with Gasteiger partial charge in [0.2, 0.25) is 6.33 Å². The number of hydrogen-bond donors (Lipinski definition) is 2. The molecule has 126 valence electrons. The van der Waals surface area contributed by atoms with Crippen molar-refractivity contribution < 1.29 is 14.8 Å². The summed E-state index contributed by atoms with van der Waals surface area (Å²) in [4.78, 5) is 25.0. The van der Waals surface area contributed by atoms with Crippen LogP contribution in [0.15, 0.2) is 47.8 Å². The fourth-order valence-corrected chi connectivity index (χ4v) is 2.22. The molecular formula is C15H12N6O4. The molecule has 1 amide bonds. The molecule has 0 atom stereocenters. The van der Waals surface area contributed by atoms with Crippen LogP contribution in [0.25, 0.3) is 10.8 Å². The number of carbonyl (C=O) groups excluding carboxylic acids is 1. The Morgan fingerprint density at radius 3 is 2.92 bits per heavy atom. The van der Waals surface area contributed by atoms with Crippen molar-refractivity contribution in [2.24, 2.45) is 5.10 Å². The first-order chi connectivity index (χ1) is 12.0. The maximum atomic E-state index is 11.8. The molecule has 1 aromatic heterocycles. The van der Waals surface area contributed by atoms with Crippen molar-refractivity contribution in [3.05, 3.63) is 58.4 Å². The van der Waals surface area contributed by atoms with E-state index < -0.39 is 16.8 Å². The molecule has 0 aliphatic carbocycles. The summed E-state index contributed by atoms with van der Waals surface area (Å²) in [5, 5.41) is 29.5. The Balaban J connectivity index is 1.69. The number of aromatic nitrogens is 3. The van der Waals surface area contributed by atoms with Crippen LogP contribution in [-0.2, 0) is 11.3 Å². The van der Waals surface area contributed by atoms with Crippen molar-refractivity contribution in [3.8, 4) is 5.75 Å². The molecule has 0 aliphatic heterocycles. The van der Waals surface area contributed by atoms with Gasteiger partial charge in [0, 0.05) is 10.7 Å². The molecule has 3 aromatic rings. The van der Waals surface area contributed by atoms with Crippen molar-refractivity contribution in [3.63, 3.8) is 0 Å². The van der Waals surface area contributed by atoms with Crippen LogP contribution in [0.5, 0.6) is 5.75 Å². The summed E-state index contributed by atoms with van der Waals surface area (Å²) in [6, 6.07) is 10.7. The van der Waals surface area contributed by atoms with Gasteiger partial charge in [-0.25, -0.2) is 5.43 Å². The van der Waals surface area contributed by atoms with E-state index in [1.807, 2.05) is 24.3 Å². The first-order valence-corrected chi connectivity index (χ1v) is 7.11. The van der Waals surface area contributed by atoms with Gasteiger partial charge in [-0.1, -0.05) is 35.3 Å². The predicted molar refractivity (Wildman–Crippen MR) is 88.0 cm³/mol. The van der Waals surface area contributed by atoms with Gasteiger partial charge in [-0.15, -0.1) is 0 Å². The summed E-state index contributed by atoms with van der Waals surface area (Å²) in [5.41, 5.74) is 2.74. The SMILES string of the molecule is O=C(Cn1cnc([N+](=O)[O-])n1)N/N=C/c1c(O)ccc2ccccc12. The Morgan fingerprint density at radius 2 is 2.16 bits per heavy atom. The number of aromatic hydroxyl groups is 1. The Morgan fingerprint density at radius 1 is 1.36 bits per heavy atom. The summed E-state index contributed by atoms with van der Waals surface area (Å²) in [6.07, 6.45) is 2.41. The molecule has 0 fully saturated rings. The quantitative estimate of drug-likeness (QED) is 0.407. The van der Waals surface area contributed by atoms with E-state index in [0.29, 0.717) is 5.56 Å². The van der Waals surface area contributed by atoms with Gasteiger partial charge in [-0.2, -0.15) is 9.78 Å². The van der Waals surface area contributed by atoms with Crippen LogP contribution in [0.2, 0.25) is 0 Å². The van der Waals surface area contributed by atoms with Crippen LogP contribution >= 0.6 is 0 Å². The zero-order chi connectivity index (χ0) is 17.8. The summed E-state index contributed by atoms with van der Waals surface area (Å²) in [5.74, 6) is -1.10. The Bertz CT molecular complexity index is 981. The van der Waals surface area contributed by atoms with Crippen molar-refractivity contribution in [1.29, 1.82) is 0 Å². The average Bonchev–Trinajstić information content (AvgIpc) is 3.05. The maximum absolute atomic E-state index is 11.8. The van der Waals surface area contributed by atoms with Crippen LogP contribution in [0.4, 0.5) is 5.95 Å². The van der Waals surface area contributed by atoms with E-state index in [0.717, 1.165) is 21.8 Å². The van der Waals surface area contributed by atoms with Gasteiger partial charge in [0.05, 0.1) is 6.21 Å². The highest BCUT2D eigenvalue weighted by molar-refractivity contribution is 6.02. The smallest absolute Gasteiger partial charge is 0.490 e. The Labute approximate surface area is 140 Å². The Hall–Kier alpha value is -3.82. The number of hydrazone groups is 1. The molecule has 10 heteroatoms. The molecule has 25 heavy (non-hydrogen) atoms. The van der Waals surface area contributed by atoms with Gasteiger partial charge < -0.3 is 15.2 Å². The van der Waals surface area contributed by atoms with Gasteiger partial charge in [0.1, 0.15) is 12.3 Å². The maximum Gasteiger partial charge on any atom is 0.490 e. The lowest BCUT2D eigenvalue weighted by atomic mass is 10.0. The molecular weight excluding hydrogens is 328 g/mol. The minimum Gasteiger partial charge on any atom is -0.507 e. The lowest BCUT2D eigenvalue weighted by Gasteiger charge is -2.04. The van der Waals surface area contributed by atoms with Crippen LogP contribution in [0.1, 0.15) is 5.56 Å². The number of phenolic OH excluding ortho intramolecular Hbond substituents is 1. The van der Waals surface area contributed by atoms with Crippen molar-refractivity contribution in [2.75, 3.05) is 0 Å². The predicted octanol–water partition coefficient (Wildman–Crippen LogP) is 1.20. The number of nitrogens with one attached hydrogen (secondary N) is 1. The summed E-state index contributed by atoms with van der Waals surface area (Å²) < 4.78 is 1.03. The largest absolute Gasteiger partial charge is 0.507 e. The molecule has 2 aromatic carbocycles. The van der Waals surface area contributed by atoms with Crippen LogP contribution < -0.4 is 5.43 Å². The normalized spacial score (nSPS) is 11.0. The van der Waals surface area contributed by atoms with Crippen molar-refractivity contribution in [1.82, 2.24) is 20.2 Å². The number of amides is 1. The summed E-state index contributed by atoms with van der Waals surface area (Å²) >= 11 is 0. The lowest BCUT2D eigenvalue weighted by molar-refractivity contribution is -0.394. The second-order valence-corrected chi connectivity index (χ2v) is 5.01. The highest BCUT2D eigenvalue weighted by Gasteiger charge is 2.14. The molecule has 0 saturated carbocycles. The number of nitrogens with zero attached hydrogens (tertiary/aromatic N) is 5. The number of hydrogen-bond acceptors (Lipinski definition) is 7. The summed E-state index contributed by atoms with van der Waals surface area (Å²) in [7, 11) is 0. The van der Waals surface area contributed by atoms with E-state index >= 15 is 0 Å². The van der Waals surface area contributed by atoms with Gasteiger partial charge in [0.15, 0.2) is 0 Å². The zero-order valence-electron chi connectivity index (χ0n) is 12.7. The molecule has 10 nitrogen and oxygen atoms in total. The van der Waals surface area contributed by atoms with Crippen LogP contribution in [0, 0.1) is 10.1 Å². The standard InChI is InChI=1S/C15H12N6O4/c22-13-6-5-10-3-1-2-4-11(10)12(13)7-17-18-14(23)8-20-9-16-15(19-20)21(24)25/h1-7,9,22H,8H2,(H,18,23)/b17-7+. The minimum atomic E-state index is -0.754. The molecule has 0 unspecified atom stereocenters. The zero-order valence-corrected chi connectivity index (χ0v) is 12.7. The topological polar surface area (TPSA) is 136 Å². The van der Waals surface area contributed by atoms with E-state index in [2.05, 4.69) is 20.6 Å². The van der Waals surface area contributed by atoms with E-state index in [1.54, 1.807) is 12.1 Å². The third kappa shape index (κ3) is 3.58. The fourth-order valence-electron chi connectivity index (χ4n) is 2.22. The van der Waals surface area contributed by atoms with Gasteiger partial charge in [-0.3, -0.25) is 4.79 Å². The molecule has 3 rings (SSSR count). The first-order valence-electron chi connectivity index (χ1n) is 7.11. The molecule has 1 heterocycles. The van der Waals surface area contributed by atoms with Crippen LogP contribution in [-0.4, -0.2) is 36.9 Å². The third-order valence-electron chi connectivity index (χ3n) is 3.32. The van der Waals surface area contributed by atoms with Gasteiger partial charge >= 0.3 is 5.95 Å². The van der Waals surface area contributed by atoms with E-state index in [9.17, 15) is 20.0 Å². The highest BCUT2D eigenvalue weighted by atomic mass is 16.6. The number of nitro groups is 1. The number of fused-ring (bicyclic) bond motifs is 1. The average molecular weight is 340 g/mol. The third-order valence-corrected chi connectivity index (χ3v) is 3.32. The van der Waals surface area contributed by atoms with Crippen molar-refractivity contribution >= 4 is 28.8 Å². The van der Waals surface area contributed by atoms with Gasteiger partial charge in [0.25, 0.3) is 5.91 Å².